The average molecular weight is 517 g/mol. The van der Waals surface area contributed by atoms with E-state index in [2.05, 4.69) is 31.0 Å². The minimum atomic E-state index is -0.349. The Morgan fingerprint density at radius 3 is 2.83 bits per heavy atom. The molecule has 29 heavy (non-hydrogen) atoms. The fourth-order valence-electron chi connectivity index (χ4n) is 2.96. The predicted octanol–water partition coefficient (Wildman–Crippen LogP) is 1.30. The van der Waals surface area contributed by atoms with Crippen molar-refractivity contribution in [1.29, 1.82) is 0 Å². The third-order valence-electron chi connectivity index (χ3n) is 4.28. The van der Waals surface area contributed by atoms with Crippen LogP contribution in [0.3, 0.4) is 0 Å². The van der Waals surface area contributed by atoms with Gasteiger partial charge in [0.05, 0.1) is 13.1 Å². The van der Waals surface area contributed by atoms with Crippen molar-refractivity contribution in [3.63, 3.8) is 0 Å². The van der Waals surface area contributed by atoms with E-state index < -0.39 is 0 Å². The molecule has 1 aliphatic heterocycles. The summed E-state index contributed by atoms with van der Waals surface area (Å²) in [5, 5.41) is 13.4. The lowest BCUT2D eigenvalue weighted by Gasteiger charge is -2.25. The summed E-state index contributed by atoms with van der Waals surface area (Å²) in [5.41, 5.74) is 0.536. The van der Waals surface area contributed by atoms with Gasteiger partial charge in [-0.3, -0.25) is 9.79 Å². The number of guanidine groups is 1. The van der Waals surface area contributed by atoms with Gasteiger partial charge in [-0.15, -0.1) is 24.0 Å². The van der Waals surface area contributed by atoms with Crippen LogP contribution in [-0.4, -0.2) is 53.4 Å². The van der Waals surface area contributed by atoms with Crippen molar-refractivity contribution in [2.45, 2.75) is 32.0 Å². The highest BCUT2D eigenvalue weighted by Crippen LogP contribution is 2.13. The Labute approximate surface area is 185 Å². The van der Waals surface area contributed by atoms with Crippen LogP contribution in [0.2, 0.25) is 0 Å². The van der Waals surface area contributed by atoms with Gasteiger partial charge >= 0.3 is 0 Å². The van der Waals surface area contributed by atoms with E-state index in [4.69, 9.17) is 4.74 Å². The predicted molar refractivity (Wildman–Crippen MR) is 118 cm³/mol. The first kappa shape index (κ1) is 23.0. The van der Waals surface area contributed by atoms with Crippen molar-refractivity contribution in [2.24, 2.45) is 4.99 Å². The molecule has 0 spiro atoms. The smallest absolute Gasteiger partial charge is 0.243 e. The Morgan fingerprint density at radius 2 is 2.14 bits per heavy atom. The summed E-state index contributed by atoms with van der Waals surface area (Å²) in [6, 6.07) is 5.73. The standard InChI is InChI=1S/C18H24FN7O2.HI/c1-20-18(21-9-17(27)22-13-5-3-12(19)4-6-13)23-14-7-8-16-24-15(11-28-2)25-26(16)10-14;/h3-6,14H,7-11H2,1-2H3,(H,22,27)(H2,20,21,23);1H. The van der Waals surface area contributed by atoms with Crippen molar-refractivity contribution < 1.29 is 13.9 Å². The van der Waals surface area contributed by atoms with Gasteiger partial charge in [0.1, 0.15) is 18.2 Å². The number of aryl methyl sites for hydroxylation is 1. The number of amides is 1. The maximum atomic E-state index is 12.9. The van der Waals surface area contributed by atoms with Crippen molar-refractivity contribution in [1.82, 2.24) is 25.4 Å². The van der Waals surface area contributed by atoms with Gasteiger partial charge in [-0.05, 0) is 30.7 Å². The van der Waals surface area contributed by atoms with Crippen LogP contribution in [-0.2, 0) is 29.1 Å². The molecule has 0 aliphatic carbocycles. The van der Waals surface area contributed by atoms with E-state index in [-0.39, 0.29) is 48.3 Å². The summed E-state index contributed by atoms with van der Waals surface area (Å²) in [6.07, 6.45) is 1.68. The highest BCUT2D eigenvalue weighted by atomic mass is 127. The summed E-state index contributed by atoms with van der Waals surface area (Å²) < 4.78 is 19.9. The molecule has 0 saturated carbocycles. The number of methoxy groups -OCH3 is 1. The van der Waals surface area contributed by atoms with E-state index in [9.17, 15) is 9.18 Å². The maximum Gasteiger partial charge on any atom is 0.243 e. The second kappa shape index (κ2) is 11.0. The van der Waals surface area contributed by atoms with Crippen molar-refractivity contribution >= 4 is 41.5 Å². The lowest BCUT2D eigenvalue weighted by molar-refractivity contribution is -0.115. The van der Waals surface area contributed by atoms with Gasteiger partial charge in [0.2, 0.25) is 5.91 Å². The van der Waals surface area contributed by atoms with Crippen molar-refractivity contribution in [3.8, 4) is 0 Å². The molecule has 2 aromatic rings. The largest absolute Gasteiger partial charge is 0.377 e. The summed E-state index contributed by atoms with van der Waals surface area (Å²) in [6.45, 7) is 1.09. The highest BCUT2D eigenvalue weighted by molar-refractivity contribution is 14.0. The van der Waals surface area contributed by atoms with Gasteiger partial charge in [0.15, 0.2) is 11.8 Å². The van der Waals surface area contributed by atoms with Crippen LogP contribution in [0.1, 0.15) is 18.1 Å². The normalized spacial score (nSPS) is 15.8. The zero-order valence-electron chi connectivity index (χ0n) is 16.3. The number of carbonyl (C=O) groups excluding carboxylic acids is 1. The maximum absolute atomic E-state index is 12.9. The number of rotatable bonds is 6. The molecular weight excluding hydrogens is 492 g/mol. The second-order valence-corrected chi connectivity index (χ2v) is 6.42. The number of halogens is 2. The van der Waals surface area contributed by atoms with Crippen LogP contribution in [0.5, 0.6) is 0 Å². The number of hydrogen-bond acceptors (Lipinski definition) is 5. The van der Waals surface area contributed by atoms with E-state index in [1.165, 1.54) is 24.3 Å². The summed E-state index contributed by atoms with van der Waals surface area (Å²) >= 11 is 0. The van der Waals surface area contributed by atoms with Gasteiger partial charge in [0.25, 0.3) is 0 Å². The summed E-state index contributed by atoms with van der Waals surface area (Å²) in [5.74, 6) is 1.56. The van der Waals surface area contributed by atoms with Crippen molar-refractivity contribution in [3.05, 3.63) is 41.7 Å². The second-order valence-electron chi connectivity index (χ2n) is 6.42. The van der Waals surface area contributed by atoms with Crippen LogP contribution >= 0.6 is 24.0 Å². The Balaban J connectivity index is 0.00000300. The van der Waals surface area contributed by atoms with E-state index >= 15 is 0 Å². The van der Waals surface area contributed by atoms with E-state index in [1.807, 2.05) is 4.68 Å². The van der Waals surface area contributed by atoms with Crippen LogP contribution < -0.4 is 16.0 Å². The number of nitrogens with one attached hydrogen (secondary N) is 3. The van der Waals surface area contributed by atoms with Gasteiger partial charge in [-0.2, -0.15) is 5.10 Å². The number of aliphatic imine (C=N–C) groups is 1. The first-order chi connectivity index (χ1) is 13.6. The molecule has 0 bridgehead atoms. The molecule has 3 N–H and O–H groups in total. The number of aromatic nitrogens is 3. The van der Waals surface area contributed by atoms with Crippen LogP contribution in [0.4, 0.5) is 10.1 Å². The van der Waals surface area contributed by atoms with Crippen molar-refractivity contribution in [2.75, 3.05) is 26.0 Å². The topological polar surface area (TPSA) is 105 Å². The first-order valence-electron chi connectivity index (χ1n) is 9.01. The van der Waals surface area contributed by atoms with Gasteiger partial charge in [0, 0.05) is 32.3 Å². The van der Waals surface area contributed by atoms with Crippen LogP contribution in [0.25, 0.3) is 0 Å². The van der Waals surface area contributed by atoms with Gasteiger partial charge in [-0.1, -0.05) is 0 Å². The Bertz CT molecular complexity index is 841. The molecule has 1 aromatic carbocycles. The number of anilines is 1. The lowest BCUT2D eigenvalue weighted by Crippen LogP contribution is -2.48. The number of fused-ring (bicyclic) bond motifs is 1. The Hall–Kier alpha value is -2.28. The highest BCUT2D eigenvalue weighted by Gasteiger charge is 2.22. The number of hydrogen-bond donors (Lipinski definition) is 3. The molecule has 1 aliphatic rings. The molecule has 158 valence electrons. The van der Waals surface area contributed by atoms with E-state index in [0.29, 0.717) is 30.6 Å². The molecule has 0 fully saturated rings. The van der Waals surface area contributed by atoms with E-state index in [1.54, 1.807) is 14.2 Å². The summed E-state index contributed by atoms with van der Waals surface area (Å²) in [4.78, 5) is 20.7. The number of carbonyl (C=O) groups is 1. The average Bonchev–Trinajstić information content (AvgIpc) is 3.09. The SMILES string of the molecule is CN=C(NCC(=O)Nc1ccc(F)cc1)NC1CCc2nc(COC)nn2C1.I. The lowest BCUT2D eigenvalue weighted by atomic mass is 10.1. The molecule has 2 heterocycles. The van der Waals surface area contributed by atoms with Gasteiger partial charge < -0.3 is 20.7 Å². The molecule has 3 rings (SSSR count). The fraction of sp³-hybridized carbons (Fsp3) is 0.444. The minimum absolute atomic E-state index is 0. The van der Waals surface area contributed by atoms with Gasteiger partial charge in [-0.25, -0.2) is 14.1 Å². The summed E-state index contributed by atoms with van der Waals surface area (Å²) in [7, 11) is 3.26. The third kappa shape index (κ3) is 6.63. The third-order valence-corrected chi connectivity index (χ3v) is 4.28. The number of nitrogens with zero attached hydrogens (tertiary/aromatic N) is 4. The molecule has 1 atom stereocenters. The fourth-order valence-corrected chi connectivity index (χ4v) is 2.96. The number of ether oxygens (including phenoxy) is 1. The number of benzene rings is 1. The Morgan fingerprint density at radius 1 is 1.38 bits per heavy atom. The van der Waals surface area contributed by atoms with Crippen LogP contribution in [0.15, 0.2) is 29.3 Å². The molecule has 1 amide bonds. The molecule has 0 radical (unpaired) electrons. The van der Waals surface area contributed by atoms with Crippen LogP contribution in [0, 0.1) is 5.82 Å². The quantitative estimate of drug-likeness (QED) is 0.303. The molecule has 1 unspecified atom stereocenters. The molecule has 0 saturated heterocycles. The zero-order chi connectivity index (χ0) is 19.9. The zero-order valence-corrected chi connectivity index (χ0v) is 18.6. The first-order valence-corrected chi connectivity index (χ1v) is 9.01. The Kier molecular flexibility index (Phi) is 8.76. The molecular formula is C18H25FIN7O2. The molecule has 9 nitrogen and oxygen atoms in total. The van der Waals surface area contributed by atoms with E-state index in [0.717, 1.165) is 18.7 Å². The molecule has 1 aromatic heterocycles. The minimum Gasteiger partial charge on any atom is -0.377 e. The molecule has 11 heteroatoms. The monoisotopic (exact) mass is 517 g/mol.